The molecule has 2 aliphatic rings. The first-order valence-corrected chi connectivity index (χ1v) is 16.4. The molecule has 0 atom stereocenters. The van der Waals surface area contributed by atoms with Crippen LogP contribution in [0.1, 0.15) is 74.3 Å². The minimum Gasteiger partial charge on any atom is -0.431 e. The van der Waals surface area contributed by atoms with Crippen molar-refractivity contribution in [2.24, 2.45) is 0 Å². The molecule has 8 rings (SSSR count). The van der Waals surface area contributed by atoms with E-state index in [2.05, 4.69) is 109 Å². The van der Waals surface area contributed by atoms with Crippen LogP contribution in [0.25, 0.3) is 43.1 Å². The van der Waals surface area contributed by atoms with E-state index >= 15 is 0 Å². The van der Waals surface area contributed by atoms with Gasteiger partial charge in [-0.25, -0.2) is 4.79 Å². The monoisotopic (exact) mass is 578 g/mol. The second-order valence-electron chi connectivity index (χ2n) is 13.0. The molecule has 0 unspecified atom stereocenters. The smallest absolute Gasteiger partial charge is 0.431 e. The fraction of sp³-hybridized carbons (Fsp3) is 0.293. The predicted molar refractivity (Wildman–Crippen MR) is 180 cm³/mol. The van der Waals surface area contributed by atoms with Crippen LogP contribution in [0.3, 0.4) is 0 Å². The number of ether oxygens (including phenoxy) is 2. The molecule has 0 radical (unpaired) electrons. The number of fused-ring (bicyclic) bond motifs is 4. The Labute approximate surface area is 258 Å². The van der Waals surface area contributed by atoms with Crippen molar-refractivity contribution in [3.63, 3.8) is 0 Å². The Morgan fingerprint density at radius 2 is 0.795 bits per heavy atom. The Balaban J connectivity index is 0.864. The summed E-state index contributed by atoms with van der Waals surface area (Å²) in [5.74, 6) is 0.969. The Kier molecular flexibility index (Phi) is 7.18. The topological polar surface area (TPSA) is 35.5 Å². The van der Waals surface area contributed by atoms with Crippen LogP contribution in [-0.4, -0.2) is 18.4 Å². The van der Waals surface area contributed by atoms with Gasteiger partial charge < -0.3 is 9.47 Å². The standard InChI is InChI=1S/C41H38O3/c42-41(43-35-19-15-27(16-20-35)37-13-5-11-33-23-29-7-1-3-9-31(29)25-39(33)37)44-36-21-17-28(18-22-36)38-14-6-12-34-24-30-8-2-4-10-32(30)26-40(34)38/h1-14,23-28,35-36H,15-22H2. The number of hydrogen-bond donors (Lipinski definition) is 0. The molecule has 6 aromatic rings. The molecule has 0 aromatic heterocycles. The van der Waals surface area contributed by atoms with E-state index in [1.165, 1.54) is 54.2 Å². The Morgan fingerprint density at radius 3 is 1.20 bits per heavy atom. The summed E-state index contributed by atoms with van der Waals surface area (Å²) in [7, 11) is 0. The largest absolute Gasteiger partial charge is 0.508 e. The number of rotatable bonds is 4. The van der Waals surface area contributed by atoms with Crippen molar-refractivity contribution in [2.75, 3.05) is 0 Å². The van der Waals surface area contributed by atoms with Crippen LogP contribution >= 0.6 is 0 Å². The molecule has 0 aliphatic heterocycles. The highest BCUT2D eigenvalue weighted by Crippen LogP contribution is 2.40. The number of carbonyl (C=O) groups is 1. The van der Waals surface area contributed by atoms with Crippen molar-refractivity contribution in [3.05, 3.63) is 120 Å². The zero-order valence-corrected chi connectivity index (χ0v) is 25.1. The highest BCUT2D eigenvalue weighted by molar-refractivity contribution is 6.00. The maximum absolute atomic E-state index is 12.8. The minimum absolute atomic E-state index is 0.0589. The summed E-state index contributed by atoms with van der Waals surface area (Å²) in [4.78, 5) is 12.8. The van der Waals surface area contributed by atoms with Gasteiger partial charge in [-0.15, -0.1) is 0 Å². The zero-order valence-electron chi connectivity index (χ0n) is 25.1. The molecule has 0 amide bonds. The van der Waals surface area contributed by atoms with Crippen LogP contribution in [0.2, 0.25) is 0 Å². The van der Waals surface area contributed by atoms with Gasteiger partial charge in [0.1, 0.15) is 12.2 Å². The number of hydrogen-bond acceptors (Lipinski definition) is 3. The van der Waals surface area contributed by atoms with Gasteiger partial charge in [0, 0.05) is 0 Å². The van der Waals surface area contributed by atoms with Crippen molar-refractivity contribution in [1.82, 2.24) is 0 Å². The van der Waals surface area contributed by atoms with Gasteiger partial charge in [0.2, 0.25) is 0 Å². The van der Waals surface area contributed by atoms with Crippen molar-refractivity contribution < 1.29 is 14.3 Å². The normalized spacial score (nSPS) is 22.4. The third-order valence-corrected chi connectivity index (χ3v) is 10.3. The van der Waals surface area contributed by atoms with E-state index in [0.717, 1.165) is 51.4 Å². The highest BCUT2D eigenvalue weighted by atomic mass is 16.7. The summed E-state index contributed by atoms with van der Waals surface area (Å²) < 4.78 is 11.7. The van der Waals surface area contributed by atoms with Gasteiger partial charge in [-0.2, -0.15) is 0 Å². The van der Waals surface area contributed by atoms with E-state index < -0.39 is 6.16 Å². The molecule has 2 fully saturated rings. The van der Waals surface area contributed by atoms with Gasteiger partial charge in [0.05, 0.1) is 0 Å². The lowest BCUT2D eigenvalue weighted by Gasteiger charge is -2.31. The zero-order chi connectivity index (χ0) is 29.5. The van der Waals surface area contributed by atoms with Crippen LogP contribution < -0.4 is 0 Å². The highest BCUT2D eigenvalue weighted by Gasteiger charge is 2.30. The summed E-state index contributed by atoms with van der Waals surface area (Å²) in [6, 6.07) is 39.8. The molecule has 2 aliphatic carbocycles. The van der Waals surface area contributed by atoms with E-state index in [1.807, 2.05) is 0 Å². The van der Waals surface area contributed by atoms with Gasteiger partial charge in [-0.3, -0.25) is 0 Å². The summed E-state index contributed by atoms with van der Waals surface area (Å²) in [5.41, 5.74) is 2.84. The molecule has 3 heteroatoms. The molecule has 0 saturated heterocycles. The lowest BCUT2D eigenvalue weighted by Crippen LogP contribution is -2.28. The Bertz CT molecular complexity index is 1830. The van der Waals surface area contributed by atoms with Crippen molar-refractivity contribution in [3.8, 4) is 0 Å². The third kappa shape index (κ3) is 5.30. The fourth-order valence-corrected chi connectivity index (χ4v) is 7.98. The molecule has 0 bridgehead atoms. The molecule has 0 N–H and O–H groups in total. The Hall–Kier alpha value is -4.37. The molecular weight excluding hydrogens is 540 g/mol. The molecule has 220 valence electrons. The number of carbonyl (C=O) groups excluding carboxylic acids is 1. The maximum Gasteiger partial charge on any atom is 0.508 e. The van der Waals surface area contributed by atoms with Crippen LogP contribution in [-0.2, 0) is 9.47 Å². The van der Waals surface area contributed by atoms with Gasteiger partial charge in [-0.05, 0) is 142 Å². The Morgan fingerprint density at radius 1 is 0.432 bits per heavy atom. The maximum atomic E-state index is 12.8. The molecule has 3 nitrogen and oxygen atoms in total. The van der Waals surface area contributed by atoms with Gasteiger partial charge in [0.25, 0.3) is 0 Å². The van der Waals surface area contributed by atoms with Crippen LogP contribution in [0.15, 0.2) is 109 Å². The van der Waals surface area contributed by atoms with Crippen molar-refractivity contribution in [2.45, 2.75) is 75.4 Å². The van der Waals surface area contributed by atoms with Crippen LogP contribution in [0, 0.1) is 0 Å². The molecule has 0 heterocycles. The summed E-state index contributed by atoms with van der Waals surface area (Å²) in [6.45, 7) is 0. The summed E-state index contributed by atoms with van der Waals surface area (Å²) in [6.07, 6.45) is 7.02. The van der Waals surface area contributed by atoms with Gasteiger partial charge in [-0.1, -0.05) is 84.9 Å². The second-order valence-corrected chi connectivity index (χ2v) is 13.0. The van der Waals surface area contributed by atoms with Gasteiger partial charge >= 0.3 is 6.16 Å². The SMILES string of the molecule is O=C(OC1CCC(c2cccc3cc4ccccc4cc23)CC1)OC1CCC(c2cccc3cc4ccccc4cc23)CC1. The molecule has 2 saturated carbocycles. The quantitative estimate of drug-likeness (QED) is 0.154. The molecular formula is C41H38O3. The average Bonchev–Trinajstić information content (AvgIpc) is 3.06. The molecule has 44 heavy (non-hydrogen) atoms. The van der Waals surface area contributed by atoms with Crippen molar-refractivity contribution >= 4 is 49.2 Å². The van der Waals surface area contributed by atoms with E-state index in [-0.39, 0.29) is 12.2 Å². The molecule has 0 spiro atoms. The minimum atomic E-state index is -0.481. The lowest BCUT2D eigenvalue weighted by molar-refractivity contribution is -0.0214. The van der Waals surface area contributed by atoms with Crippen molar-refractivity contribution in [1.29, 1.82) is 0 Å². The van der Waals surface area contributed by atoms with Crippen LogP contribution in [0.5, 0.6) is 0 Å². The van der Waals surface area contributed by atoms with E-state index in [0.29, 0.717) is 11.8 Å². The van der Waals surface area contributed by atoms with E-state index in [1.54, 1.807) is 0 Å². The van der Waals surface area contributed by atoms with Gasteiger partial charge in [0.15, 0.2) is 0 Å². The second kappa shape index (κ2) is 11.6. The summed E-state index contributed by atoms with van der Waals surface area (Å²) >= 11 is 0. The van der Waals surface area contributed by atoms with Crippen LogP contribution in [0.4, 0.5) is 4.79 Å². The summed E-state index contributed by atoms with van der Waals surface area (Å²) in [5, 5.41) is 10.4. The van der Waals surface area contributed by atoms with E-state index in [9.17, 15) is 4.79 Å². The first-order chi connectivity index (χ1) is 21.7. The first kappa shape index (κ1) is 27.2. The molecule has 6 aromatic carbocycles. The fourth-order valence-electron chi connectivity index (χ4n) is 7.98. The first-order valence-electron chi connectivity index (χ1n) is 16.4. The van der Waals surface area contributed by atoms with E-state index in [4.69, 9.17) is 9.47 Å². The predicted octanol–water partition coefficient (Wildman–Crippen LogP) is 11.2. The third-order valence-electron chi connectivity index (χ3n) is 10.3. The lowest BCUT2D eigenvalue weighted by atomic mass is 9.80. The number of benzene rings is 6. The average molecular weight is 579 g/mol.